The second kappa shape index (κ2) is 8.03. The molecule has 1 unspecified atom stereocenters. The second-order valence-electron chi connectivity index (χ2n) is 7.10. The number of thiophene rings is 1. The van der Waals surface area contributed by atoms with E-state index in [0.717, 1.165) is 36.6 Å². The molecule has 0 saturated carbocycles. The molecule has 10 heteroatoms. The number of hydrogen-bond donors (Lipinski definition) is 2. The lowest BCUT2D eigenvalue weighted by Gasteiger charge is -2.17. The number of hydrogen-bond acceptors (Lipinski definition) is 7. The van der Waals surface area contributed by atoms with Gasteiger partial charge in [0.25, 0.3) is 5.56 Å². The van der Waals surface area contributed by atoms with E-state index in [4.69, 9.17) is 15.1 Å². The smallest absolute Gasteiger partial charge is 0.318 e. The Labute approximate surface area is 174 Å². The Kier molecular flexibility index (Phi) is 5.46. The van der Waals surface area contributed by atoms with Gasteiger partial charge in [0, 0.05) is 4.88 Å². The number of nitrogens with two attached hydrogens (primary N) is 1. The Morgan fingerprint density at radius 1 is 1.48 bits per heavy atom. The molecule has 3 N–H and O–H groups in total. The Balaban J connectivity index is 1.76. The summed E-state index contributed by atoms with van der Waals surface area (Å²) in [5.41, 5.74) is 5.97. The minimum atomic E-state index is -0.910. The Morgan fingerprint density at radius 2 is 2.31 bits per heavy atom. The van der Waals surface area contributed by atoms with Crippen molar-refractivity contribution in [1.82, 2.24) is 14.9 Å². The fraction of sp³-hybridized carbons (Fsp3) is 0.368. The average molecular weight is 433 g/mol. The minimum Gasteiger partial charge on any atom is -0.467 e. The van der Waals surface area contributed by atoms with Gasteiger partial charge >= 0.3 is 6.03 Å². The number of nitrogens with zero attached hydrogens (tertiary/aromatic N) is 2. The van der Waals surface area contributed by atoms with Crippen molar-refractivity contribution in [3.05, 3.63) is 45.0 Å². The summed E-state index contributed by atoms with van der Waals surface area (Å²) in [6, 6.07) is 2.63. The zero-order valence-electron chi connectivity index (χ0n) is 15.8. The molecule has 1 atom stereocenters. The number of fused-ring (bicyclic) bond motifs is 3. The summed E-state index contributed by atoms with van der Waals surface area (Å²) in [4.78, 5) is 42.7. The first-order valence-corrected chi connectivity index (χ1v) is 11.0. The van der Waals surface area contributed by atoms with Crippen LogP contribution in [0.1, 0.15) is 29.5 Å². The zero-order chi connectivity index (χ0) is 20.5. The maximum absolute atomic E-state index is 13.4. The monoisotopic (exact) mass is 432 g/mol. The first kappa shape index (κ1) is 19.7. The molecule has 1 aliphatic rings. The van der Waals surface area contributed by atoms with E-state index in [2.05, 4.69) is 6.92 Å². The van der Waals surface area contributed by atoms with Gasteiger partial charge in [0.1, 0.15) is 10.6 Å². The molecule has 0 saturated heterocycles. The molecule has 0 spiro atoms. The molecule has 8 nitrogen and oxygen atoms in total. The van der Waals surface area contributed by atoms with Crippen LogP contribution in [0, 0.1) is 5.92 Å². The van der Waals surface area contributed by atoms with Gasteiger partial charge in [0.2, 0.25) is 5.91 Å². The molecule has 0 radical (unpaired) electrons. The maximum atomic E-state index is 13.4. The van der Waals surface area contributed by atoms with E-state index in [1.165, 1.54) is 9.44 Å². The van der Waals surface area contributed by atoms with Gasteiger partial charge in [-0.25, -0.2) is 9.78 Å². The van der Waals surface area contributed by atoms with E-state index in [-0.39, 0.29) is 17.9 Å². The third-order valence-electron chi connectivity index (χ3n) is 4.87. The van der Waals surface area contributed by atoms with Crippen molar-refractivity contribution >= 4 is 45.3 Å². The van der Waals surface area contributed by atoms with E-state index in [1.54, 1.807) is 29.7 Å². The molecule has 3 amide bonds. The molecule has 0 bridgehead atoms. The van der Waals surface area contributed by atoms with Crippen LogP contribution in [-0.2, 0) is 24.2 Å². The Bertz CT molecular complexity index is 1130. The molecule has 0 aliphatic heterocycles. The highest BCUT2D eigenvalue weighted by atomic mass is 32.2. The molecule has 3 aromatic heterocycles. The maximum Gasteiger partial charge on any atom is 0.318 e. The van der Waals surface area contributed by atoms with Crippen LogP contribution in [0.3, 0.4) is 0 Å². The summed E-state index contributed by atoms with van der Waals surface area (Å²) in [6.45, 7) is 2.43. The van der Waals surface area contributed by atoms with Crippen LogP contribution in [0.2, 0.25) is 0 Å². The van der Waals surface area contributed by atoms with E-state index in [1.807, 2.05) is 5.32 Å². The molecule has 1 aliphatic carbocycles. The van der Waals surface area contributed by atoms with E-state index in [0.29, 0.717) is 27.1 Å². The van der Waals surface area contributed by atoms with Crippen LogP contribution < -0.4 is 16.6 Å². The quantitative estimate of drug-likeness (QED) is 0.472. The summed E-state index contributed by atoms with van der Waals surface area (Å²) < 4.78 is 6.95. The number of furan rings is 1. The number of thioether (sulfide) groups is 1. The van der Waals surface area contributed by atoms with E-state index in [9.17, 15) is 14.4 Å². The summed E-state index contributed by atoms with van der Waals surface area (Å²) in [6.07, 6.45) is 4.44. The third kappa shape index (κ3) is 4.08. The van der Waals surface area contributed by atoms with Gasteiger partial charge in [-0.2, -0.15) is 0 Å². The number of primary amides is 1. The highest BCUT2D eigenvalue weighted by Crippen LogP contribution is 2.36. The number of carbonyl (C=O) groups is 2. The fourth-order valence-electron chi connectivity index (χ4n) is 3.52. The van der Waals surface area contributed by atoms with Gasteiger partial charge in [-0.3, -0.25) is 19.5 Å². The number of carbonyl (C=O) groups excluding carboxylic acids is 2. The molecule has 0 fully saturated rings. The largest absolute Gasteiger partial charge is 0.467 e. The number of urea groups is 1. The Hall–Kier alpha value is -2.59. The van der Waals surface area contributed by atoms with E-state index < -0.39 is 11.9 Å². The summed E-state index contributed by atoms with van der Waals surface area (Å²) in [7, 11) is 0. The predicted molar refractivity (Wildman–Crippen MR) is 111 cm³/mol. The molecule has 29 heavy (non-hydrogen) atoms. The zero-order valence-corrected chi connectivity index (χ0v) is 17.4. The van der Waals surface area contributed by atoms with Crippen molar-refractivity contribution in [1.29, 1.82) is 0 Å². The highest BCUT2D eigenvalue weighted by molar-refractivity contribution is 7.99. The second-order valence-corrected chi connectivity index (χ2v) is 9.12. The van der Waals surface area contributed by atoms with Crippen molar-refractivity contribution in [3.63, 3.8) is 0 Å². The number of nitrogens with one attached hydrogen (secondary N) is 1. The molecule has 3 heterocycles. The molecular formula is C19H20N4O4S2. The van der Waals surface area contributed by atoms with Crippen molar-refractivity contribution in [2.45, 2.75) is 37.9 Å². The van der Waals surface area contributed by atoms with Crippen LogP contribution >= 0.6 is 23.1 Å². The highest BCUT2D eigenvalue weighted by Gasteiger charge is 2.25. The van der Waals surface area contributed by atoms with Crippen LogP contribution in [0.25, 0.3) is 10.2 Å². The van der Waals surface area contributed by atoms with E-state index >= 15 is 0 Å². The standard InChI is InChI=1S/C19H20N4O4S2/c1-10-4-5-12-13(7-10)29-16-15(12)17(25)23(8-11-3-2-6-27-11)19(22-16)28-9-14(24)21-18(20)26/h2-3,6,10H,4-5,7-9H2,1H3,(H3,20,21,24,26). The first-order valence-electron chi connectivity index (χ1n) is 9.22. The average Bonchev–Trinajstić information content (AvgIpc) is 3.28. The SMILES string of the molecule is CC1CCc2c(sc3nc(SCC(=O)NC(N)=O)n(Cc4ccco4)c(=O)c23)C1. The number of aryl methyl sites for hydroxylation is 1. The van der Waals surface area contributed by atoms with Crippen molar-refractivity contribution in [2.24, 2.45) is 11.7 Å². The number of rotatable bonds is 5. The minimum absolute atomic E-state index is 0.0822. The van der Waals surface area contributed by atoms with Gasteiger partial charge in [0.05, 0.1) is 23.9 Å². The number of imide groups is 1. The lowest BCUT2D eigenvalue weighted by molar-refractivity contribution is -0.117. The van der Waals surface area contributed by atoms with Gasteiger partial charge in [-0.1, -0.05) is 18.7 Å². The summed E-state index contributed by atoms with van der Waals surface area (Å²) >= 11 is 2.65. The van der Waals surface area contributed by atoms with Crippen LogP contribution in [0.5, 0.6) is 0 Å². The fourth-order valence-corrected chi connectivity index (χ4v) is 5.74. The van der Waals surface area contributed by atoms with Crippen LogP contribution in [-0.4, -0.2) is 27.2 Å². The summed E-state index contributed by atoms with van der Waals surface area (Å²) in [5, 5.41) is 3.11. The van der Waals surface area contributed by atoms with Crippen molar-refractivity contribution in [3.8, 4) is 0 Å². The van der Waals surface area contributed by atoms with Gasteiger partial charge < -0.3 is 10.2 Å². The molecular weight excluding hydrogens is 412 g/mol. The number of amides is 3. The van der Waals surface area contributed by atoms with Crippen LogP contribution in [0.4, 0.5) is 4.79 Å². The Morgan fingerprint density at radius 3 is 3.03 bits per heavy atom. The number of aromatic nitrogens is 2. The molecule has 4 rings (SSSR count). The summed E-state index contributed by atoms with van der Waals surface area (Å²) in [5.74, 6) is 0.587. The molecule has 0 aromatic carbocycles. The van der Waals surface area contributed by atoms with Gasteiger partial charge in [-0.05, 0) is 42.9 Å². The first-order chi connectivity index (χ1) is 13.9. The topological polar surface area (TPSA) is 120 Å². The van der Waals surface area contributed by atoms with Crippen molar-refractivity contribution in [2.75, 3.05) is 5.75 Å². The van der Waals surface area contributed by atoms with Crippen molar-refractivity contribution < 1.29 is 14.0 Å². The lowest BCUT2D eigenvalue weighted by atomic mass is 9.89. The molecule has 152 valence electrons. The molecule has 3 aromatic rings. The van der Waals surface area contributed by atoms with Gasteiger partial charge in [-0.15, -0.1) is 11.3 Å². The lowest BCUT2D eigenvalue weighted by Crippen LogP contribution is -2.36. The predicted octanol–water partition coefficient (Wildman–Crippen LogP) is 2.51. The normalized spacial score (nSPS) is 16.0. The van der Waals surface area contributed by atoms with Gasteiger partial charge in [0.15, 0.2) is 5.16 Å². The third-order valence-corrected chi connectivity index (χ3v) is 6.99. The van der Waals surface area contributed by atoms with Crippen LogP contribution in [0.15, 0.2) is 32.8 Å².